The fourth-order valence-corrected chi connectivity index (χ4v) is 3.64. The molecule has 2 heteroatoms. The van der Waals surface area contributed by atoms with Gasteiger partial charge in [-0.3, -0.25) is 0 Å². The van der Waals surface area contributed by atoms with Crippen molar-refractivity contribution in [3.63, 3.8) is 0 Å². The van der Waals surface area contributed by atoms with Crippen molar-refractivity contribution in [2.75, 3.05) is 0 Å². The number of hydrogen-bond donors (Lipinski definition) is 2. The van der Waals surface area contributed by atoms with E-state index in [2.05, 4.69) is 38.1 Å². The third-order valence-electron chi connectivity index (χ3n) is 4.89. The van der Waals surface area contributed by atoms with Crippen molar-refractivity contribution in [2.24, 2.45) is 0 Å². The largest absolute Gasteiger partial charge is 0.508 e. The number of rotatable bonds is 5. The molecule has 0 bridgehead atoms. The van der Waals surface area contributed by atoms with Crippen molar-refractivity contribution < 1.29 is 10.2 Å². The van der Waals surface area contributed by atoms with Crippen LogP contribution in [0, 0.1) is 6.92 Å². The third-order valence-corrected chi connectivity index (χ3v) is 4.89. The van der Waals surface area contributed by atoms with E-state index in [1.165, 1.54) is 11.1 Å². The summed E-state index contributed by atoms with van der Waals surface area (Å²) in [5, 5.41) is 19.5. The molecule has 0 spiro atoms. The number of phenolic OH excluding ortho intramolecular Hbond substituents is 2. The van der Waals surface area contributed by atoms with Crippen LogP contribution in [-0.2, 0) is 5.41 Å². The summed E-state index contributed by atoms with van der Waals surface area (Å²) in [5.41, 5.74) is 4.41. The Morgan fingerprint density at radius 1 is 0.640 bits per heavy atom. The smallest absolute Gasteiger partial charge is 0.115 e. The van der Waals surface area contributed by atoms with Gasteiger partial charge in [0, 0.05) is 5.41 Å². The molecule has 2 N–H and O–H groups in total. The maximum Gasteiger partial charge on any atom is 0.115 e. The Kier molecular flexibility index (Phi) is 4.80. The van der Waals surface area contributed by atoms with Gasteiger partial charge in [-0.05, 0) is 54.3 Å². The van der Waals surface area contributed by atoms with Crippen molar-refractivity contribution in [3.8, 4) is 11.5 Å². The topological polar surface area (TPSA) is 40.5 Å². The summed E-state index contributed by atoms with van der Waals surface area (Å²) in [7, 11) is 0. The second kappa shape index (κ2) is 7.02. The highest BCUT2D eigenvalue weighted by Crippen LogP contribution is 2.43. The number of aryl methyl sites for hydroxylation is 1. The third kappa shape index (κ3) is 3.25. The van der Waals surface area contributed by atoms with E-state index in [0.29, 0.717) is 0 Å². The van der Waals surface area contributed by atoms with Gasteiger partial charge in [0.15, 0.2) is 0 Å². The summed E-state index contributed by atoms with van der Waals surface area (Å²) in [6, 6.07) is 23.6. The van der Waals surface area contributed by atoms with Gasteiger partial charge >= 0.3 is 0 Å². The Balaban J connectivity index is 2.28. The van der Waals surface area contributed by atoms with Crippen LogP contribution in [0.15, 0.2) is 72.8 Å². The first-order valence-electron chi connectivity index (χ1n) is 8.72. The van der Waals surface area contributed by atoms with E-state index in [1.54, 1.807) is 24.3 Å². The predicted octanol–water partition coefficient (Wildman–Crippen LogP) is 5.54. The van der Waals surface area contributed by atoms with Gasteiger partial charge in [-0.2, -0.15) is 0 Å². The van der Waals surface area contributed by atoms with Gasteiger partial charge in [0.05, 0.1) is 0 Å². The predicted molar refractivity (Wildman–Crippen MR) is 102 cm³/mol. The van der Waals surface area contributed by atoms with Gasteiger partial charge in [-0.1, -0.05) is 67.4 Å². The Morgan fingerprint density at radius 2 is 1.00 bits per heavy atom. The van der Waals surface area contributed by atoms with Crippen LogP contribution in [0.3, 0.4) is 0 Å². The van der Waals surface area contributed by atoms with Crippen LogP contribution in [0.1, 0.15) is 42.0 Å². The Morgan fingerprint density at radius 3 is 1.36 bits per heavy atom. The van der Waals surface area contributed by atoms with Crippen LogP contribution < -0.4 is 0 Å². The van der Waals surface area contributed by atoms with Crippen molar-refractivity contribution in [1.82, 2.24) is 0 Å². The summed E-state index contributed by atoms with van der Waals surface area (Å²) >= 11 is 0. The Bertz CT molecular complexity index is 705. The molecular formula is C23H24O2. The molecule has 0 unspecified atom stereocenters. The summed E-state index contributed by atoms with van der Waals surface area (Å²) in [6.07, 6.45) is 1.95. The minimum Gasteiger partial charge on any atom is -0.508 e. The maximum absolute atomic E-state index is 9.73. The summed E-state index contributed by atoms with van der Waals surface area (Å²) in [5.74, 6) is 0.535. The highest BCUT2D eigenvalue weighted by Gasteiger charge is 2.35. The molecule has 3 aromatic rings. The van der Waals surface area contributed by atoms with E-state index in [9.17, 15) is 10.2 Å². The van der Waals surface area contributed by atoms with Crippen LogP contribution >= 0.6 is 0 Å². The van der Waals surface area contributed by atoms with Gasteiger partial charge in [0.1, 0.15) is 11.5 Å². The van der Waals surface area contributed by atoms with Crippen LogP contribution in [0.25, 0.3) is 0 Å². The van der Waals surface area contributed by atoms with E-state index < -0.39 is 0 Å². The van der Waals surface area contributed by atoms with Gasteiger partial charge in [-0.15, -0.1) is 0 Å². The second-order valence-electron chi connectivity index (χ2n) is 6.62. The van der Waals surface area contributed by atoms with Gasteiger partial charge in [0.25, 0.3) is 0 Å². The molecule has 3 rings (SSSR count). The molecule has 0 saturated heterocycles. The zero-order valence-corrected chi connectivity index (χ0v) is 14.7. The van der Waals surface area contributed by atoms with E-state index in [0.717, 1.165) is 24.0 Å². The standard InChI is InChI=1S/C23H24O2/c1-3-16-23(18-6-4-17(2)5-7-18,19-8-12-21(24)13-9-19)20-10-14-22(25)15-11-20/h4-15,24-25H,3,16H2,1-2H3. The zero-order valence-electron chi connectivity index (χ0n) is 14.7. The molecule has 0 atom stereocenters. The minimum absolute atomic E-state index is 0.267. The maximum atomic E-state index is 9.73. The van der Waals surface area contributed by atoms with Crippen LogP contribution in [-0.4, -0.2) is 10.2 Å². The molecule has 128 valence electrons. The molecule has 0 aromatic heterocycles. The quantitative estimate of drug-likeness (QED) is 0.602. The van der Waals surface area contributed by atoms with Crippen molar-refractivity contribution in [1.29, 1.82) is 0 Å². The number of aromatic hydroxyl groups is 2. The van der Waals surface area contributed by atoms with Gasteiger partial charge < -0.3 is 10.2 Å². The van der Waals surface area contributed by atoms with Crippen LogP contribution in [0.4, 0.5) is 0 Å². The SMILES string of the molecule is CCCC(c1ccc(C)cc1)(c1ccc(O)cc1)c1ccc(O)cc1. The summed E-state index contributed by atoms with van der Waals surface area (Å²) in [4.78, 5) is 0. The van der Waals surface area contributed by atoms with Crippen molar-refractivity contribution in [3.05, 3.63) is 95.1 Å². The summed E-state index contributed by atoms with van der Waals surface area (Å²) < 4.78 is 0. The van der Waals surface area contributed by atoms with Crippen LogP contribution in [0.5, 0.6) is 11.5 Å². The molecule has 0 saturated carbocycles. The first-order chi connectivity index (χ1) is 12.1. The Labute approximate surface area is 149 Å². The second-order valence-corrected chi connectivity index (χ2v) is 6.62. The van der Waals surface area contributed by atoms with Gasteiger partial charge in [0.2, 0.25) is 0 Å². The molecule has 0 aliphatic carbocycles. The zero-order chi connectivity index (χ0) is 17.9. The average molecular weight is 332 g/mol. The molecule has 0 fully saturated rings. The fraction of sp³-hybridized carbons (Fsp3) is 0.217. The lowest BCUT2D eigenvalue weighted by atomic mass is 9.66. The Hall–Kier alpha value is -2.74. The lowest BCUT2D eigenvalue weighted by Gasteiger charge is -2.36. The normalized spacial score (nSPS) is 11.4. The lowest BCUT2D eigenvalue weighted by Crippen LogP contribution is -2.29. The number of phenols is 2. The monoisotopic (exact) mass is 332 g/mol. The van der Waals surface area contributed by atoms with Gasteiger partial charge in [-0.25, -0.2) is 0 Å². The molecule has 0 aliphatic rings. The summed E-state index contributed by atoms with van der Waals surface area (Å²) in [6.45, 7) is 4.27. The molecule has 0 radical (unpaired) electrons. The van der Waals surface area contributed by atoms with E-state index in [4.69, 9.17) is 0 Å². The van der Waals surface area contributed by atoms with E-state index in [-0.39, 0.29) is 16.9 Å². The average Bonchev–Trinajstić information content (AvgIpc) is 2.62. The highest BCUT2D eigenvalue weighted by molar-refractivity contribution is 5.52. The first kappa shape index (κ1) is 17.1. The number of benzene rings is 3. The number of hydrogen-bond acceptors (Lipinski definition) is 2. The minimum atomic E-state index is -0.316. The molecular weight excluding hydrogens is 308 g/mol. The van der Waals surface area contributed by atoms with Crippen molar-refractivity contribution in [2.45, 2.75) is 32.1 Å². The molecule has 3 aromatic carbocycles. The van der Waals surface area contributed by atoms with E-state index >= 15 is 0 Å². The van der Waals surface area contributed by atoms with E-state index in [1.807, 2.05) is 24.3 Å². The van der Waals surface area contributed by atoms with Crippen molar-refractivity contribution >= 4 is 0 Å². The molecule has 25 heavy (non-hydrogen) atoms. The van der Waals surface area contributed by atoms with Crippen LogP contribution in [0.2, 0.25) is 0 Å². The molecule has 0 heterocycles. The first-order valence-corrected chi connectivity index (χ1v) is 8.72. The lowest BCUT2D eigenvalue weighted by molar-refractivity contribution is 0.472. The molecule has 0 amide bonds. The fourth-order valence-electron chi connectivity index (χ4n) is 3.64. The highest BCUT2D eigenvalue weighted by atomic mass is 16.3. The molecule has 0 aliphatic heterocycles. The molecule has 2 nitrogen and oxygen atoms in total.